The number of aromatic nitrogens is 2. The van der Waals surface area contributed by atoms with Crippen LogP contribution in [0.2, 0.25) is 0 Å². The molecule has 2 aliphatic rings. The molecule has 6 heteroatoms. The fourth-order valence-corrected chi connectivity index (χ4v) is 2.89. The van der Waals surface area contributed by atoms with Gasteiger partial charge in [0.1, 0.15) is 0 Å². The quantitative estimate of drug-likeness (QED) is 0.856. The second kappa shape index (κ2) is 5.03. The molecule has 0 saturated carbocycles. The number of aromatic amines is 1. The molecular formula is C13H18N4O2. The zero-order chi connectivity index (χ0) is 13.2. The van der Waals surface area contributed by atoms with Gasteiger partial charge in [-0.05, 0) is 19.3 Å². The standard InChI is InChI=1S/C13H18N4O2/c18-12-6-10(9-17(12)11-7-14-15-8-11)13(19)16-4-2-1-3-5-16/h7-8,10H,1-6,9H2,(H,14,15). The van der Waals surface area contributed by atoms with Gasteiger partial charge in [-0.3, -0.25) is 14.7 Å². The molecule has 2 amide bonds. The number of nitrogens with zero attached hydrogens (tertiary/aromatic N) is 3. The number of anilines is 1. The third kappa shape index (κ3) is 2.34. The number of hydrogen-bond acceptors (Lipinski definition) is 3. The first-order valence-electron chi connectivity index (χ1n) is 6.83. The first-order chi connectivity index (χ1) is 9.25. The molecule has 1 aromatic heterocycles. The van der Waals surface area contributed by atoms with E-state index in [-0.39, 0.29) is 17.7 Å². The Bertz CT molecular complexity index is 465. The lowest BCUT2D eigenvalue weighted by Crippen LogP contribution is -2.40. The summed E-state index contributed by atoms with van der Waals surface area (Å²) < 4.78 is 0. The molecule has 0 aliphatic carbocycles. The molecule has 1 N–H and O–H groups in total. The van der Waals surface area contributed by atoms with E-state index in [1.807, 2.05) is 4.90 Å². The van der Waals surface area contributed by atoms with Gasteiger partial charge < -0.3 is 9.80 Å². The van der Waals surface area contributed by atoms with E-state index in [2.05, 4.69) is 10.2 Å². The Balaban J connectivity index is 1.67. The lowest BCUT2D eigenvalue weighted by Gasteiger charge is -2.28. The summed E-state index contributed by atoms with van der Waals surface area (Å²) in [5, 5.41) is 6.54. The van der Waals surface area contributed by atoms with Crippen molar-refractivity contribution in [1.82, 2.24) is 15.1 Å². The molecule has 0 aromatic carbocycles. The lowest BCUT2D eigenvalue weighted by atomic mass is 10.0. The molecule has 3 heterocycles. The normalized spacial score (nSPS) is 24.0. The minimum atomic E-state index is -0.194. The van der Waals surface area contributed by atoms with Gasteiger partial charge in [-0.15, -0.1) is 0 Å². The van der Waals surface area contributed by atoms with Gasteiger partial charge in [-0.25, -0.2) is 0 Å². The number of piperidine rings is 1. The average Bonchev–Trinajstić information content (AvgIpc) is 3.08. The molecule has 0 spiro atoms. The highest BCUT2D eigenvalue weighted by Gasteiger charge is 2.37. The molecule has 0 radical (unpaired) electrons. The number of carbonyl (C=O) groups is 2. The summed E-state index contributed by atoms with van der Waals surface area (Å²) in [6.07, 6.45) is 6.99. The summed E-state index contributed by atoms with van der Waals surface area (Å²) in [5.41, 5.74) is 0.749. The van der Waals surface area contributed by atoms with Gasteiger partial charge in [0.15, 0.2) is 0 Å². The van der Waals surface area contributed by atoms with E-state index in [0.717, 1.165) is 31.6 Å². The van der Waals surface area contributed by atoms with Gasteiger partial charge in [-0.1, -0.05) is 0 Å². The van der Waals surface area contributed by atoms with Crippen molar-refractivity contribution in [3.8, 4) is 0 Å². The predicted molar refractivity (Wildman–Crippen MR) is 69.5 cm³/mol. The Kier molecular flexibility index (Phi) is 3.23. The molecule has 2 saturated heterocycles. The highest BCUT2D eigenvalue weighted by atomic mass is 16.2. The zero-order valence-corrected chi connectivity index (χ0v) is 10.8. The largest absolute Gasteiger partial charge is 0.342 e. The highest BCUT2D eigenvalue weighted by molar-refractivity contribution is 6.00. The van der Waals surface area contributed by atoms with Crippen LogP contribution >= 0.6 is 0 Å². The molecule has 0 bridgehead atoms. The van der Waals surface area contributed by atoms with Crippen molar-refractivity contribution in [2.75, 3.05) is 24.5 Å². The smallest absolute Gasteiger partial charge is 0.228 e. The zero-order valence-electron chi connectivity index (χ0n) is 10.8. The van der Waals surface area contributed by atoms with Crippen LogP contribution in [0.3, 0.4) is 0 Å². The summed E-state index contributed by atoms with van der Waals surface area (Å²) in [6, 6.07) is 0. The van der Waals surface area contributed by atoms with Gasteiger partial charge in [-0.2, -0.15) is 5.10 Å². The average molecular weight is 262 g/mol. The van der Waals surface area contributed by atoms with E-state index in [9.17, 15) is 9.59 Å². The first kappa shape index (κ1) is 12.2. The monoisotopic (exact) mass is 262 g/mol. The van der Waals surface area contributed by atoms with Gasteiger partial charge in [0.25, 0.3) is 0 Å². The fourth-order valence-electron chi connectivity index (χ4n) is 2.89. The van der Waals surface area contributed by atoms with Crippen molar-refractivity contribution < 1.29 is 9.59 Å². The van der Waals surface area contributed by atoms with Crippen LogP contribution in [0.4, 0.5) is 5.69 Å². The topological polar surface area (TPSA) is 69.3 Å². The summed E-state index contributed by atoms with van der Waals surface area (Å²) in [5.74, 6) is -0.0451. The third-order valence-electron chi connectivity index (χ3n) is 3.94. The van der Waals surface area contributed by atoms with Crippen LogP contribution in [0.5, 0.6) is 0 Å². The third-order valence-corrected chi connectivity index (χ3v) is 3.94. The maximum atomic E-state index is 12.4. The summed E-state index contributed by atoms with van der Waals surface area (Å²) in [4.78, 5) is 27.9. The van der Waals surface area contributed by atoms with E-state index in [1.54, 1.807) is 17.3 Å². The Morgan fingerprint density at radius 2 is 2.11 bits per heavy atom. The summed E-state index contributed by atoms with van der Waals surface area (Å²) in [6.45, 7) is 2.16. The van der Waals surface area contributed by atoms with E-state index in [0.29, 0.717) is 13.0 Å². The van der Waals surface area contributed by atoms with Crippen LogP contribution in [-0.4, -0.2) is 46.5 Å². The molecule has 2 fully saturated rings. The summed E-state index contributed by atoms with van der Waals surface area (Å²) >= 11 is 0. The molecule has 2 aliphatic heterocycles. The molecule has 1 atom stereocenters. The Hall–Kier alpha value is -1.85. The molecule has 3 rings (SSSR count). The van der Waals surface area contributed by atoms with Crippen LogP contribution in [0, 0.1) is 5.92 Å². The number of likely N-dealkylation sites (tertiary alicyclic amines) is 1. The van der Waals surface area contributed by atoms with Crippen LogP contribution < -0.4 is 4.90 Å². The molecule has 1 aromatic rings. The van der Waals surface area contributed by atoms with E-state index < -0.39 is 0 Å². The van der Waals surface area contributed by atoms with Crippen LogP contribution in [0.15, 0.2) is 12.4 Å². The van der Waals surface area contributed by atoms with Gasteiger partial charge >= 0.3 is 0 Å². The van der Waals surface area contributed by atoms with Crippen LogP contribution in [0.1, 0.15) is 25.7 Å². The van der Waals surface area contributed by atoms with Crippen LogP contribution in [-0.2, 0) is 9.59 Å². The van der Waals surface area contributed by atoms with Crippen molar-refractivity contribution in [2.45, 2.75) is 25.7 Å². The SMILES string of the molecule is O=C(C1CC(=O)N(c2cn[nH]c2)C1)N1CCCCC1. The Morgan fingerprint density at radius 3 is 2.79 bits per heavy atom. The molecule has 1 unspecified atom stereocenters. The second-order valence-electron chi connectivity index (χ2n) is 5.25. The fraction of sp³-hybridized carbons (Fsp3) is 0.615. The molecule has 102 valence electrons. The lowest BCUT2D eigenvalue weighted by molar-refractivity contribution is -0.136. The van der Waals surface area contributed by atoms with Crippen LogP contribution in [0.25, 0.3) is 0 Å². The number of rotatable bonds is 2. The second-order valence-corrected chi connectivity index (χ2v) is 5.25. The number of hydrogen-bond donors (Lipinski definition) is 1. The molecule has 6 nitrogen and oxygen atoms in total. The maximum Gasteiger partial charge on any atom is 0.228 e. The highest BCUT2D eigenvalue weighted by Crippen LogP contribution is 2.26. The summed E-state index contributed by atoms with van der Waals surface area (Å²) in [7, 11) is 0. The number of amides is 2. The van der Waals surface area contributed by atoms with Crippen molar-refractivity contribution in [1.29, 1.82) is 0 Å². The predicted octanol–water partition coefficient (Wildman–Crippen LogP) is 0.775. The van der Waals surface area contributed by atoms with Crippen molar-refractivity contribution >= 4 is 17.5 Å². The van der Waals surface area contributed by atoms with Gasteiger partial charge in [0.05, 0.1) is 17.8 Å². The molecule has 19 heavy (non-hydrogen) atoms. The minimum absolute atomic E-state index is 0.0109. The number of nitrogens with one attached hydrogen (secondary N) is 1. The Morgan fingerprint density at radius 1 is 1.32 bits per heavy atom. The van der Waals surface area contributed by atoms with Gasteiger partial charge in [0, 0.05) is 32.3 Å². The van der Waals surface area contributed by atoms with E-state index >= 15 is 0 Å². The van der Waals surface area contributed by atoms with Crippen molar-refractivity contribution in [3.63, 3.8) is 0 Å². The van der Waals surface area contributed by atoms with Crippen molar-refractivity contribution in [2.24, 2.45) is 5.92 Å². The minimum Gasteiger partial charge on any atom is -0.342 e. The number of H-pyrrole nitrogens is 1. The Labute approximate surface area is 111 Å². The first-order valence-corrected chi connectivity index (χ1v) is 6.83. The van der Waals surface area contributed by atoms with E-state index in [1.165, 1.54) is 6.42 Å². The molecular weight excluding hydrogens is 244 g/mol. The maximum absolute atomic E-state index is 12.4. The van der Waals surface area contributed by atoms with Crippen molar-refractivity contribution in [3.05, 3.63) is 12.4 Å². The number of carbonyl (C=O) groups excluding carboxylic acids is 2. The van der Waals surface area contributed by atoms with Gasteiger partial charge in [0.2, 0.25) is 11.8 Å². The van der Waals surface area contributed by atoms with E-state index in [4.69, 9.17) is 0 Å².